The summed E-state index contributed by atoms with van der Waals surface area (Å²) >= 11 is 0. The van der Waals surface area contributed by atoms with Gasteiger partial charge in [-0.1, -0.05) is 53.2 Å². The van der Waals surface area contributed by atoms with Crippen LogP contribution in [0.2, 0.25) is 0 Å². The number of pyridine rings is 1. The number of amides is 2. The van der Waals surface area contributed by atoms with E-state index in [1.807, 2.05) is 61.5 Å². The van der Waals surface area contributed by atoms with Crippen molar-refractivity contribution in [1.82, 2.24) is 24.9 Å². The number of fused-ring (bicyclic) bond motifs is 2. The van der Waals surface area contributed by atoms with Crippen LogP contribution < -0.4 is 14.8 Å². The van der Waals surface area contributed by atoms with Gasteiger partial charge >= 0.3 is 0 Å². The number of nitrogens with one attached hydrogen (secondary N) is 1. The summed E-state index contributed by atoms with van der Waals surface area (Å²) in [6, 6.07) is 22.9. The molecule has 200 valence electrons. The van der Waals surface area contributed by atoms with Crippen LogP contribution >= 0.6 is 0 Å². The average molecular weight is 535 g/mol. The highest BCUT2D eigenvalue weighted by molar-refractivity contribution is 5.98. The van der Waals surface area contributed by atoms with Crippen molar-refractivity contribution >= 4 is 28.5 Å². The van der Waals surface area contributed by atoms with Gasteiger partial charge in [0.15, 0.2) is 11.5 Å². The molecule has 10 heteroatoms. The molecule has 0 unspecified atom stereocenters. The third-order valence-corrected chi connectivity index (χ3v) is 6.69. The number of ether oxygens (including phenoxy) is 2. The second-order valence-electron chi connectivity index (χ2n) is 9.49. The molecule has 1 N–H and O–H groups in total. The maximum atomic E-state index is 14.1. The normalized spacial score (nSPS) is 12.7. The smallest absolute Gasteiger partial charge is 0.251 e. The van der Waals surface area contributed by atoms with E-state index >= 15 is 0 Å². The number of anilines is 1. The maximum Gasteiger partial charge on any atom is 0.251 e. The zero-order chi connectivity index (χ0) is 27.5. The number of hydrogen-bond donors (Lipinski definition) is 1. The van der Waals surface area contributed by atoms with Crippen molar-refractivity contribution in [1.29, 1.82) is 0 Å². The van der Waals surface area contributed by atoms with Gasteiger partial charge in [-0.15, -0.1) is 5.10 Å². The lowest BCUT2D eigenvalue weighted by Gasteiger charge is -2.31. The molecule has 0 spiro atoms. The number of carbonyl (C=O) groups is 2. The fourth-order valence-corrected chi connectivity index (χ4v) is 4.67. The van der Waals surface area contributed by atoms with E-state index in [1.54, 1.807) is 46.2 Å². The van der Waals surface area contributed by atoms with Crippen LogP contribution in [0.5, 0.6) is 11.5 Å². The lowest BCUT2D eigenvalue weighted by Crippen LogP contribution is -2.42. The summed E-state index contributed by atoms with van der Waals surface area (Å²) in [6.07, 6.45) is 3.36. The van der Waals surface area contributed by atoms with E-state index in [2.05, 4.69) is 20.6 Å². The van der Waals surface area contributed by atoms with Gasteiger partial charge in [-0.05, 0) is 48.4 Å². The molecule has 40 heavy (non-hydrogen) atoms. The number of carbonyl (C=O) groups excluding carboxylic acids is 2. The SMILES string of the molecule is Cc1ccc([C@@H](C(=O)Nc2ccc3c(c2)OCO3)N(Cc2cccnc2)C(=O)Cn2nnc3ccccc32)cc1. The first kappa shape index (κ1) is 25.1. The average Bonchev–Trinajstić information content (AvgIpc) is 3.61. The number of nitrogens with zero attached hydrogens (tertiary/aromatic N) is 5. The standard InChI is InChI=1S/C30H26N6O4/c1-20-8-10-22(11-9-20)29(30(38)32-23-12-13-26-27(15-23)40-19-39-26)35(17-21-5-4-14-31-16-21)28(37)18-36-25-7-3-2-6-24(25)33-34-36/h2-16,29H,17-19H2,1H3,(H,32,38)/t29-/m0/s1. The first-order valence-electron chi connectivity index (χ1n) is 12.8. The van der Waals surface area contributed by atoms with Crippen LogP contribution in [-0.4, -0.2) is 43.5 Å². The van der Waals surface area contributed by atoms with Crippen LogP contribution in [0.15, 0.2) is 91.3 Å². The molecule has 1 atom stereocenters. The Morgan fingerprint density at radius 1 is 1.00 bits per heavy atom. The van der Waals surface area contributed by atoms with Crippen molar-refractivity contribution < 1.29 is 19.1 Å². The van der Waals surface area contributed by atoms with Crippen molar-refractivity contribution in [3.05, 3.63) is 108 Å². The fraction of sp³-hybridized carbons (Fsp3) is 0.167. The highest BCUT2D eigenvalue weighted by Crippen LogP contribution is 2.35. The lowest BCUT2D eigenvalue weighted by atomic mass is 10.0. The van der Waals surface area contributed by atoms with Gasteiger partial charge in [0.2, 0.25) is 12.7 Å². The summed E-state index contributed by atoms with van der Waals surface area (Å²) in [7, 11) is 0. The molecule has 0 aliphatic carbocycles. The molecule has 0 saturated heterocycles. The van der Waals surface area contributed by atoms with Crippen LogP contribution in [-0.2, 0) is 22.7 Å². The van der Waals surface area contributed by atoms with E-state index in [0.29, 0.717) is 28.3 Å². The first-order valence-corrected chi connectivity index (χ1v) is 12.8. The minimum Gasteiger partial charge on any atom is -0.454 e. The Hall–Kier alpha value is -5.25. The van der Waals surface area contributed by atoms with Crippen molar-refractivity contribution in [2.75, 3.05) is 12.1 Å². The van der Waals surface area contributed by atoms with Gasteiger partial charge in [-0.2, -0.15) is 0 Å². The summed E-state index contributed by atoms with van der Waals surface area (Å²) in [4.78, 5) is 33.8. The number of para-hydroxylation sites is 1. The van der Waals surface area contributed by atoms with Crippen molar-refractivity contribution in [3.63, 3.8) is 0 Å². The van der Waals surface area contributed by atoms with E-state index in [0.717, 1.165) is 16.6 Å². The molecule has 10 nitrogen and oxygen atoms in total. The molecular weight excluding hydrogens is 508 g/mol. The van der Waals surface area contributed by atoms with Gasteiger partial charge in [-0.25, -0.2) is 4.68 Å². The molecule has 0 fully saturated rings. The minimum atomic E-state index is -0.950. The van der Waals surface area contributed by atoms with E-state index in [9.17, 15) is 9.59 Å². The molecular formula is C30H26N6O4. The Bertz CT molecular complexity index is 1670. The highest BCUT2D eigenvalue weighted by atomic mass is 16.7. The minimum absolute atomic E-state index is 0.0968. The van der Waals surface area contributed by atoms with Gasteiger partial charge < -0.3 is 19.7 Å². The number of aryl methyl sites for hydroxylation is 1. The Morgan fingerprint density at radius 2 is 1.82 bits per heavy atom. The Labute approximate surface area is 230 Å². The molecule has 3 heterocycles. The van der Waals surface area contributed by atoms with E-state index in [1.165, 1.54) is 0 Å². The van der Waals surface area contributed by atoms with Crippen molar-refractivity contribution in [2.45, 2.75) is 26.1 Å². The topological polar surface area (TPSA) is 111 Å². The fourth-order valence-electron chi connectivity index (χ4n) is 4.67. The van der Waals surface area contributed by atoms with Gasteiger partial charge in [0.1, 0.15) is 18.1 Å². The third-order valence-electron chi connectivity index (χ3n) is 6.69. The van der Waals surface area contributed by atoms with Crippen LogP contribution in [0.3, 0.4) is 0 Å². The molecule has 3 aromatic carbocycles. The summed E-state index contributed by atoms with van der Waals surface area (Å²) < 4.78 is 12.4. The molecule has 6 rings (SSSR count). The zero-order valence-electron chi connectivity index (χ0n) is 21.7. The lowest BCUT2D eigenvalue weighted by molar-refractivity contribution is -0.140. The quantitative estimate of drug-likeness (QED) is 0.316. The number of rotatable bonds is 8. The molecule has 1 aliphatic heterocycles. The van der Waals surface area contributed by atoms with E-state index < -0.39 is 6.04 Å². The summed E-state index contributed by atoms with van der Waals surface area (Å²) in [5.74, 6) is 0.488. The third kappa shape index (κ3) is 5.19. The van der Waals surface area contributed by atoms with Crippen LogP contribution in [0.4, 0.5) is 5.69 Å². The Morgan fingerprint density at radius 3 is 2.65 bits per heavy atom. The van der Waals surface area contributed by atoms with E-state index in [4.69, 9.17) is 9.47 Å². The summed E-state index contributed by atoms with van der Waals surface area (Å²) in [5, 5.41) is 11.3. The molecule has 1 aliphatic rings. The summed E-state index contributed by atoms with van der Waals surface area (Å²) in [5.41, 5.74) is 4.44. The van der Waals surface area contributed by atoms with E-state index in [-0.39, 0.29) is 31.7 Å². The predicted octanol–water partition coefficient (Wildman–Crippen LogP) is 4.27. The molecule has 2 aromatic heterocycles. The Kier molecular flexibility index (Phi) is 6.80. The molecule has 5 aromatic rings. The number of hydrogen-bond acceptors (Lipinski definition) is 7. The van der Waals surface area contributed by atoms with Gasteiger partial charge in [0.25, 0.3) is 5.91 Å². The molecule has 2 amide bonds. The van der Waals surface area contributed by atoms with Gasteiger partial charge in [0, 0.05) is 30.7 Å². The summed E-state index contributed by atoms with van der Waals surface area (Å²) in [6.45, 7) is 2.16. The van der Waals surface area contributed by atoms with Crippen LogP contribution in [0.25, 0.3) is 11.0 Å². The molecule has 0 saturated carbocycles. The maximum absolute atomic E-state index is 14.1. The number of aromatic nitrogens is 4. The first-order chi connectivity index (χ1) is 19.5. The second kappa shape index (κ2) is 10.9. The monoisotopic (exact) mass is 534 g/mol. The zero-order valence-corrected chi connectivity index (χ0v) is 21.7. The Balaban J connectivity index is 1.37. The van der Waals surface area contributed by atoms with Crippen molar-refractivity contribution in [3.8, 4) is 11.5 Å². The van der Waals surface area contributed by atoms with Gasteiger partial charge in [-0.3, -0.25) is 14.6 Å². The number of benzene rings is 3. The largest absolute Gasteiger partial charge is 0.454 e. The van der Waals surface area contributed by atoms with Crippen LogP contribution in [0.1, 0.15) is 22.7 Å². The van der Waals surface area contributed by atoms with Crippen molar-refractivity contribution in [2.24, 2.45) is 0 Å². The van der Waals surface area contributed by atoms with Crippen LogP contribution in [0, 0.1) is 6.92 Å². The second-order valence-corrected chi connectivity index (χ2v) is 9.49. The molecule has 0 bridgehead atoms. The van der Waals surface area contributed by atoms with Gasteiger partial charge in [0.05, 0.1) is 5.52 Å². The highest BCUT2D eigenvalue weighted by Gasteiger charge is 2.32. The molecule has 0 radical (unpaired) electrons. The predicted molar refractivity (Wildman–Crippen MR) is 147 cm³/mol.